The summed E-state index contributed by atoms with van der Waals surface area (Å²) in [6.45, 7) is 2.50. The number of benzene rings is 3. The van der Waals surface area contributed by atoms with E-state index in [2.05, 4.69) is 39.0 Å². The molecule has 8 heteroatoms. The summed E-state index contributed by atoms with van der Waals surface area (Å²) in [4.78, 5) is 21.9. The zero-order valence-corrected chi connectivity index (χ0v) is 22.7. The Morgan fingerprint density at radius 2 is 1.77 bits per heavy atom. The van der Waals surface area contributed by atoms with E-state index in [1.54, 1.807) is 17.0 Å². The topological polar surface area (TPSA) is 79.4 Å². The Morgan fingerprint density at radius 3 is 2.49 bits per heavy atom. The predicted octanol–water partition coefficient (Wildman–Crippen LogP) is 4.50. The van der Waals surface area contributed by atoms with Crippen LogP contribution in [-0.4, -0.2) is 53.1 Å². The maximum atomic E-state index is 14.0. The molecule has 1 aliphatic heterocycles. The van der Waals surface area contributed by atoms with Crippen LogP contribution in [0.25, 0.3) is 11.0 Å². The van der Waals surface area contributed by atoms with Crippen molar-refractivity contribution >= 4 is 28.3 Å². The molecule has 3 N–H and O–H groups in total. The highest BCUT2D eigenvalue weighted by atomic mass is 19.1. The molecule has 1 saturated heterocycles. The summed E-state index contributed by atoms with van der Waals surface area (Å²) in [5, 5.41) is 3.31. The van der Waals surface area contributed by atoms with Gasteiger partial charge in [0.05, 0.1) is 23.3 Å². The van der Waals surface area contributed by atoms with Crippen LogP contribution in [0, 0.1) is 5.82 Å². The Balaban J connectivity index is 1.16. The fourth-order valence-corrected chi connectivity index (χ4v) is 5.24. The van der Waals surface area contributed by atoms with Gasteiger partial charge in [-0.1, -0.05) is 36.4 Å². The van der Waals surface area contributed by atoms with Gasteiger partial charge in [-0.3, -0.25) is 9.69 Å². The molecule has 1 fully saturated rings. The van der Waals surface area contributed by atoms with Crippen LogP contribution in [0.5, 0.6) is 0 Å². The normalized spacial score (nSPS) is 14.6. The molecule has 0 saturated carbocycles. The number of imidazole rings is 1. The minimum atomic E-state index is -0.230. The van der Waals surface area contributed by atoms with Crippen molar-refractivity contribution in [1.29, 1.82) is 0 Å². The summed E-state index contributed by atoms with van der Waals surface area (Å²) in [5.41, 5.74) is 11.4. The minimum Gasteiger partial charge on any atom is -0.380 e. The van der Waals surface area contributed by atoms with Crippen molar-refractivity contribution in [3.63, 3.8) is 0 Å². The van der Waals surface area contributed by atoms with Gasteiger partial charge in [-0.2, -0.15) is 0 Å². The van der Waals surface area contributed by atoms with Crippen molar-refractivity contribution in [3.05, 3.63) is 89.5 Å². The molecule has 0 unspecified atom stereocenters. The third kappa shape index (κ3) is 6.29. The van der Waals surface area contributed by atoms with Crippen LogP contribution in [0.1, 0.15) is 29.8 Å². The van der Waals surface area contributed by atoms with Gasteiger partial charge in [-0.15, -0.1) is 0 Å². The van der Waals surface area contributed by atoms with E-state index in [-0.39, 0.29) is 17.8 Å². The number of fused-ring (bicyclic) bond motifs is 1. The number of nitrogens with one attached hydrogen (secondary N) is 1. The number of likely N-dealkylation sites (tertiary alicyclic amines) is 1. The standard InChI is InChI=1S/C31H37FN6O/c1-36(31(39)21-38-17-15-24(16-18-38)34-27-6-4-3-5-26(27)32)25-12-13-29-28(19-25)35-30(37(29)2)14-11-22-7-9-23(20-33)10-8-22/h3-10,12-13,19,24,34H,11,14-18,20-21,33H2,1-2H3. The van der Waals surface area contributed by atoms with E-state index in [1.165, 1.54) is 11.6 Å². The summed E-state index contributed by atoms with van der Waals surface area (Å²) < 4.78 is 16.1. The largest absolute Gasteiger partial charge is 0.380 e. The number of nitrogens with zero attached hydrogens (tertiary/aromatic N) is 4. The van der Waals surface area contributed by atoms with Crippen LogP contribution in [-0.2, 0) is 31.2 Å². The van der Waals surface area contributed by atoms with Crippen LogP contribution >= 0.6 is 0 Å². The Labute approximate surface area is 229 Å². The van der Waals surface area contributed by atoms with E-state index in [4.69, 9.17) is 10.7 Å². The highest BCUT2D eigenvalue weighted by molar-refractivity contribution is 5.96. The maximum absolute atomic E-state index is 14.0. The number of para-hydroxylation sites is 1. The Hall–Kier alpha value is -3.75. The third-order valence-electron chi connectivity index (χ3n) is 7.79. The first-order chi connectivity index (χ1) is 18.9. The number of anilines is 2. The monoisotopic (exact) mass is 528 g/mol. The van der Waals surface area contributed by atoms with E-state index in [9.17, 15) is 9.18 Å². The van der Waals surface area contributed by atoms with Gasteiger partial charge in [-0.05, 0) is 60.7 Å². The third-order valence-corrected chi connectivity index (χ3v) is 7.79. The van der Waals surface area contributed by atoms with Crippen molar-refractivity contribution < 1.29 is 9.18 Å². The zero-order valence-electron chi connectivity index (χ0n) is 22.7. The number of likely N-dealkylation sites (N-methyl/N-ethyl adjacent to an activating group) is 1. The van der Waals surface area contributed by atoms with Gasteiger partial charge in [0.25, 0.3) is 0 Å². The van der Waals surface area contributed by atoms with E-state index in [1.807, 2.05) is 38.4 Å². The molecule has 3 aromatic carbocycles. The SMILES string of the molecule is CN(C(=O)CN1CCC(Nc2ccccc2F)CC1)c1ccc2c(c1)nc(CCc1ccc(CN)cc1)n2C. The van der Waals surface area contributed by atoms with E-state index in [0.29, 0.717) is 18.8 Å². The maximum Gasteiger partial charge on any atom is 0.240 e. The lowest BCUT2D eigenvalue weighted by atomic mass is 10.0. The summed E-state index contributed by atoms with van der Waals surface area (Å²) in [6, 6.07) is 21.4. The van der Waals surface area contributed by atoms with Crippen LogP contribution in [0.4, 0.5) is 15.8 Å². The molecule has 2 heterocycles. The van der Waals surface area contributed by atoms with Crippen molar-refractivity contribution in [3.8, 4) is 0 Å². The molecule has 0 radical (unpaired) electrons. The van der Waals surface area contributed by atoms with Crippen LogP contribution in [0.15, 0.2) is 66.7 Å². The first kappa shape index (κ1) is 26.8. The molecule has 5 rings (SSSR count). The molecule has 1 aromatic heterocycles. The lowest BCUT2D eigenvalue weighted by molar-refractivity contribution is -0.119. The van der Waals surface area contributed by atoms with E-state index < -0.39 is 0 Å². The van der Waals surface area contributed by atoms with Crippen molar-refractivity contribution in [2.24, 2.45) is 12.8 Å². The average Bonchev–Trinajstić information content (AvgIpc) is 3.28. The second-order valence-electron chi connectivity index (χ2n) is 10.4. The summed E-state index contributed by atoms with van der Waals surface area (Å²) in [5.74, 6) is 0.837. The molecular formula is C31H37FN6O. The van der Waals surface area contributed by atoms with Crippen molar-refractivity contribution in [2.75, 3.05) is 36.9 Å². The summed E-state index contributed by atoms with van der Waals surface area (Å²) >= 11 is 0. The average molecular weight is 529 g/mol. The predicted molar refractivity (Wildman–Crippen MR) is 155 cm³/mol. The fourth-order valence-electron chi connectivity index (χ4n) is 5.24. The lowest BCUT2D eigenvalue weighted by Gasteiger charge is -2.33. The molecule has 1 amide bonds. The summed E-state index contributed by atoms with van der Waals surface area (Å²) in [7, 11) is 3.87. The number of carbonyl (C=O) groups excluding carboxylic acids is 1. The van der Waals surface area contributed by atoms with E-state index >= 15 is 0 Å². The summed E-state index contributed by atoms with van der Waals surface area (Å²) in [6.07, 6.45) is 3.47. The van der Waals surface area contributed by atoms with Gasteiger partial charge >= 0.3 is 0 Å². The highest BCUT2D eigenvalue weighted by Crippen LogP contribution is 2.24. The zero-order chi connectivity index (χ0) is 27.4. The molecule has 1 aliphatic rings. The number of amides is 1. The highest BCUT2D eigenvalue weighted by Gasteiger charge is 2.23. The molecule has 39 heavy (non-hydrogen) atoms. The van der Waals surface area contributed by atoms with Gasteiger partial charge in [0.15, 0.2) is 0 Å². The number of halogens is 1. The molecule has 4 aromatic rings. The molecule has 0 atom stereocenters. The number of carbonyl (C=O) groups is 1. The van der Waals surface area contributed by atoms with Gasteiger partial charge in [0, 0.05) is 51.9 Å². The fraction of sp³-hybridized carbons (Fsp3) is 0.355. The number of rotatable bonds is 9. The van der Waals surface area contributed by atoms with Gasteiger partial charge in [-0.25, -0.2) is 9.37 Å². The van der Waals surface area contributed by atoms with Gasteiger partial charge in [0.2, 0.25) is 5.91 Å². The lowest BCUT2D eigenvalue weighted by Crippen LogP contribution is -2.44. The van der Waals surface area contributed by atoms with Crippen molar-refractivity contribution in [1.82, 2.24) is 14.5 Å². The van der Waals surface area contributed by atoms with Crippen LogP contribution in [0.3, 0.4) is 0 Å². The van der Waals surface area contributed by atoms with Crippen LogP contribution < -0.4 is 16.0 Å². The quantitative estimate of drug-likeness (QED) is 0.335. The second kappa shape index (κ2) is 12.0. The van der Waals surface area contributed by atoms with E-state index in [0.717, 1.165) is 66.9 Å². The smallest absolute Gasteiger partial charge is 0.240 e. The Kier molecular flexibility index (Phi) is 8.24. The molecule has 7 nitrogen and oxygen atoms in total. The van der Waals surface area contributed by atoms with Gasteiger partial charge in [0.1, 0.15) is 11.6 Å². The van der Waals surface area contributed by atoms with Crippen molar-refractivity contribution in [2.45, 2.75) is 38.3 Å². The first-order valence-electron chi connectivity index (χ1n) is 13.6. The first-order valence-corrected chi connectivity index (χ1v) is 13.6. The van der Waals surface area contributed by atoms with Gasteiger partial charge < -0.3 is 20.5 Å². The molecule has 0 bridgehead atoms. The Morgan fingerprint density at radius 1 is 1.05 bits per heavy atom. The number of aromatic nitrogens is 2. The molecular weight excluding hydrogens is 491 g/mol. The molecule has 204 valence electrons. The minimum absolute atomic E-state index is 0.0481. The van der Waals surface area contributed by atoms with Crippen LogP contribution in [0.2, 0.25) is 0 Å². The second-order valence-corrected chi connectivity index (χ2v) is 10.4. The molecule has 0 spiro atoms. The number of piperidine rings is 1. The number of aryl methyl sites for hydroxylation is 3. The Bertz CT molecular complexity index is 1430. The molecule has 0 aliphatic carbocycles. The number of nitrogens with two attached hydrogens (primary N) is 1. The number of hydrogen-bond donors (Lipinski definition) is 2. The number of hydrogen-bond acceptors (Lipinski definition) is 5.